The smallest absolute Gasteiger partial charge is 0.237 e. The number of carbonyl (C=O) groups is 1. The lowest BCUT2D eigenvalue weighted by Crippen LogP contribution is -2.47. The SMILES string of the molecule is C#CCNC(=O)C(C)NCC(CC)(CC)CO. The average molecular weight is 240 g/mol. The summed E-state index contributed by atoms with van der Waals surface area (Å²) in [6.45, 7) is 6.89. The number of rotatable bonds is 8. The van der Waals surface area contributed by atoms with Gasteiger partial charge in [0.05, 0.1) is 12.6 Å². The van der Waals surface area contributed by atoms with Crippen molar-refractivity contribution in [2.75, 3.05) is 19.7 Å². The largest absolute Gasteiger partial charge is 0.396 e. The topological polar surface area (TPSA) is 61.4 Å². The third kappa shape index (κ3) is 5.20. The molecule has 4 nitrogen and oxygen atoms in total. The number of aliphatic hydroxyl groups is 1. The van der Waals surface area contributed by atoms with Crippen LogP contribution in [0.1, 0.15) is 33.6 Å². The summed E-state index contributed by atoms with van der Waals surface area (Å²) in [4.78, 5) is 11.6. The molecule has 3 N–H and O–H groups in total. The van der Waals surface area contributed by atoms with Crippen molar-refractivity contribution in [1.29, 1.82) is 0 Å². The third-order valence-electron chi connectivity index (χ3n) is 3.38. The van der Waals surface area contributed by atoms with E-state index in [1.807, 2.05) is 13.8 Å². The molecule has 0 heterocycles. The van der Waals surface area contributed by atoms with Gasteiger partial charge in [-0.3, -0.25) is 4.79 Å². The van der Waals surface area contributed by atoms with Gasteiger partial charge in [-0.25, -0.2) is 0 Å². The first-order valence-electron chi connectivity index (χ1n) is 6.10. The van der Waals surface area contributed by atoms with Gasteiger partial charge < -0.3 is 15.7 Å². The summed E-state index contributed by atoms with van der Waals surface area (Å²) in [5, 5.41) is 15.2. The van der Waals surface area contributed by atoms with Gasteiger partial charge in [-0.15, -0.1) is 6.42 Å². The highest BCUT2D eigenvalue weighted by Gasteiger charge is 2.26. The van der Waals surface area contributed by atoms with Crippen LogP contribution < -0.4 is 10.6 Å². The molecule has 0 rings (SSSR count). The van der Waals surface area contributed by atoms with Crippen LogP contribution >= 0.6 is 0 Å². The quantitative estimate of drug-likeness (QED) is 0.542. The van der Waals surface area contributed by atoms with E-state index in [2.05, 4.69) is 16.6 Å². The molecule has 0 saturated carbocycles. The average Bonchev–Trinajstić information content (AvgIpc) is 2.37. The van der Waals surface area contributed by atoms with Crippen molar-refractivity contribution in [3.05, 3.63) is 0 Å². The summed E-state index contributed by atoms with van der Waals surface area (Å²) in [6.07, 6.45) is 6.83. The van der Waals surface area contributed by atoms with E-state index >= 15 is 0 Å². The fraction of sp³-hybridized carbons (Fsp3) is 0.769. The van der Waals surface area contributed by atoms with Gasteiger partial charge in [-0.1, -0.05) is 19.8 Å². The zero-order valence-corrected chi connectivity index (χ0v) is 11.0. The summed E-state index contributed by atoms with van der Waals surface area (Å²) < 4.78 is 0. The summed E-state index contributed by atoms with van der Waals surface area (Å²) in [5.41, 5.74) is -0.138. The molecule has 0 aliphatic heterocycles. The van der Waals surface area contributed by atoms with Crippen LogP contribution in [0.5, 0.6) is 0 Å². The number of hydrogen-bond donors (Lipinski definition) is 3. The predicted molar refractivity (Wildman–Crippen MR) is 69.4 cm³/mol. The lowest BCUT2D eigenvalue weighted by molar-refractivity contribution is -0.122. The lowest BCUT2D eigenvalue weighted by Gasteiger charge is -2.31. The molecule has 1 amide bonds. The van der Waals surface area contributed by atoms with E-state index in [9.17, 15) is 9.90 Å². The van der Waals surface area contributed by atoms with Crippen molar-refractivity contribution in [1.82, 2.24) is 10.6 Å². The van der Waals surface area contributed by atoms with Gasteiger partial charge in [0.2, 0.25) is 5.91 Å². The molecular formula is C13H24N2O2. The van der Waals surface area contributed by atoms with Crippen LogP contribution in [0, 0.1) is 17.8 Å². The summed E-state index contributed by atoms with van der Waals surface area (Å²) in [6, 6.07) is -0.299. The number of nitrogens with one attached hydrogen (secondary N) is 2. The van der Waals surface area contributed by atoms with E-state index in [1.54, 1.807) is 6.92 Å². The minimum absolute atomic E-state index is 0.109. The molecule has 98 valence electrons. The molecule has 0 aliphatic rings. The molecule has 0 bridgehead atoms. The Morgan fingerprint density at radius 2 is 2.06 bits per heavy atom. The number of amides is 1. The first-order valence-corrected chi connectivity index (χ1v) is 6.10. The van der Waals surface area contributed by atoms with Crippen molar-refractivity contribution in [2.45, 2.75) is 39.7 Å². The molecule has 0 aromatic heterocycles. The zero-order valence-electron chi connectivity index (χ0n) is 11.0. The van der Waals surface area contributed by atoms with Crippen molar-refractivity contribution in [2.24, 2.45) is 5.41 Å². The number of aliphatic hydroxyl groups excluding tert-OH is 1. The second-order valence-corrected chi connectivity index (χ2v) is 4.39. The van der Waals surface area contributed by atoms with Crippen molar-refractivity contribution in [3.8, 4) is 12.3 Å². The third-order valence-corrected chi connectivity index (χ3v) is 3.38. The van der Waals surface area contributed by atoms with Crippen LogP contribution in [0.3, 0.4) is 0 Å². The Morgan fingerprint density at radius 3 is 2.47 bits per heavy atom. The van der Waals surface area contributed by atoms with Crippen molar-refractivity contribution < 1.29 is 9.90 Å². The molecule has 0 radical (unpaired) electrons. The van der Waals surface area contributed by atoms with Crippen molar-refractivity contribution >= 4 is 5.91 Å². The summed E-state index contributed by atoms with van der Waals surface area (Å²) in [5.74, 6) is 2.25. The van der Waals surface area contributed by atoms with Crippen molar-refractivity contribution in [3.63, 3.8) is 0 Å². The van der Waals surface area contributed by atoms with E-state index in [0.717, 1.165) is 12.8 Å². The molecule has 4 heteroatoms. The van der Waals surface area contributed by atoms with E-state index in [1.165, 1.54) is 0 Å². The Bertz CT molecular complexity index is 259. The number of hydrogen-bond acceptors (Lipinski definition) is 3. The molecule has 1 atom stereocenters. The highest BCUT2D eigenvalue weighted by molar-refractivity contribution is 5.81. The van der Waals surface area contributed by atoms with Gasteiger partial charge in [-0.05, 0) is 19.8 Å². The normalized spacial score (nSPS) is 12.9. The van der Waals surface area contributed by atoms with Gasteiger partial charge in [0, 0.05) is 18.6 Å². The Hall–Kier alpha value is -1.05. The summed E-state index contributed by atoms with van der Waals surface area (Å²) in [7, 11) is 0. The Morgan fingerprint density at radius 1 is 1.47 bits per heavy atom. The second kappa shape index (κ2) is 8.10. The Balaban J connectivity index is 4.17. The standard InChI is InChI=1S/C13H24N2O2/c1-5-8-14-12(17)11(4)15-9-13(6-2,7-3)10-16/h1,11,15-16H,6-10H2,2-4H3,(H,14,17). The second-order valence-electron chi connectivity index (χ2n) is 4.39. The minimum Gasteiger partial charge on any atom is -0.396 e. The fourth-order valence-electron chi connectivity index (χ4n) is 1.53. The highest BCUT2D eigenvalue weighted by atomic mass is 16.3. The summed E-state index contributed by atoms with van der Waals surface area (Å²) >= 11 is 0. The van der Waals surface area contributed by atoms with Crippen LogP contribution in [-0.4, -0.2) is 36.8 Å². The van der Waals surface area contributed by atoms with Gasteiger partial charge in [0.15, 0.2) is 0 Å². The Labute approximate surface area is 104 Å². The molecule has 0 spiro atoms. The molecule has 0 aliphatic carbocycles. The minimum atomic E-state index is -0.299. The van der Waals surface area contributed by atoms with E-state index in [0.29, 0.717) is 6.54 Å². The maximum atomic E-state index is 11.6. The Kier molecular flexibility index (Phi) is 7.60. The maximum Gasteiger partial charge on any atom is 0.237 e. The van der Waals surface area contributed by atoms with Gasteiger partial charge >= 0.3 is 0 Å². The highest BCUT2D eigenvalue weighted by Crippen LogP contribution is 2.24. The lowest BCUT2D eigenvalue weighted by atomic mass is 9.83. The van der Waals surface area contributed by atoms with Gasteiger partial charge in [-0.2, -0.15) is 0 Å². The van der Waals surface area contributed by atoms with Crippen LogP contribution in [0.4, 0.5) is 0 Å². The van der Waals surface area contributed by atoms with Crippen LogP contribution in [0.15, 0.2) is 0 Å². The van der Waals surface area contributed by atoms with Gasteiger partial charge in [0.25, 0.3) is 0 Å². The van der Waals surface area contributed by atoms with Crippen LogP contribution in [0.25, 0.3) is 0 Å². The predicted octanol–water partition coefficient (Wildman–Crippen LogP) is 0.513. The first-order chi connectivity index (χ1) is 8.05. The van der Waals surface area contributed by atoms with Crippen LogP contribution in [-0.2, 0) is 4.79 Å². The van der Waals surface area contributed by atoms with E-state index in [4.69, 9.17) is 6.42 Å². The molecule has 0 fully saturated rings. The number of terminal acetylenes is 1. The molecule has 1 unspecified atom stereocenters. The number of carbonyl (C=O) groups excluding carboxylic acids is 1. The molecule has 0 aromatic rings. The monoisotopic (exact) mass is 240 g/mol. The maximum absolute atomic E-state index is 11.6. The first kappa shape index (κ1) is 16.0. The zero-order chi connectivity index (χ0) is 13.3. The van der Waals surface area contributed by atoms with E-state index in [-0.39, 0.29) is 30.5 Å². The van der Waals surface area contributed by atoms with Crippen LogP contribution in [0.2, 0.25) is 0 Å². The molecule has 0 saturated heterocycles. The molecule has 17 heavy (non-hydrogen) atoms. The van der Waals surface area contributed by atoms with E-state index < -0.39 is 0 Å². The van der Waals surface area contributed by atoms with Gasteiger partial charge in [0.1, 0.15) is 0 Å². The fourth-order valence-corrected chi connectivity index (χ4v) is 1.53. The molecule has 0 aromatic carbocycles. The molecular weight excluding hydrogens is 216 g/mol.